The zero-order chi connectivity index (χ0) is 23.5. The fraction of sp³-hybridized carbons (Fsp3) is 0.333. The van der Waals surface area contributed by atoms with Gasteiger partial charge in [0.1, 0.15) is 5.75 Å². The molecule has 0 radical (unpaired) electrons. The molecular formula is C30H35N3O. The van der Waals surface area contributed by atoms with Crippen molar-refractivity contribution in [2.75, 3.05) is 49.6 Å². The number of hydrogen-bond donors (Lipinski definition) is 0. The smallest absolute Gasteiger partial charge is 0.118 e. The van der Waals surface area contributed by atoms with E-state index in [4.69, 9.17) is 4.74 Å². The molecule has 5 rings (SSSR count). The number of rotatable bonds is 6. The molecule has 4 heteroatoms. The van der Waals surface area contributed by atoms with Gasteiger partial charge >= 0.3 is 0 Å². The molecule has 0 saturated carbocycles. The van der Waals surface area contributed by atoms with Crippen LogP contribution in [0.4, 0.5) is 17.1 Å². The molecule has 1 atom stereocenters. The van der Waals surface area contributed by atoms with Crippen molar-refractivity contribution < 1.29 is 4.74 Å². The summed E-state index contributed by atoms with van der Waals surface area (Å²) >= 11 is 0. The zero-order valence-electron chi connectivity index (χ0n) is 20.6. The maximum atomic E-state index is 5.30. The molecule has 0 aliphatic carbocycles. The van der Waals surface area contributed by atoms with E-state index in [9.17, 15) is 0 Å². The second-order valence-corrected chi connectivity index (χ2v) is 9.31. The average Bonchev–Trinajstić information content (AvgIpc) is 2.92. The first kappa shape index (κ1) is 22.5. The summed E-state index contributed by atoms with van der Waals surface area (Å²) in [7, 11) is 1.70. The van der Waals surface area contributed by atoms with Crippen LogP contribution in [0.1, 0.15) is 25.8 Å². The van der Waals surface area contributed by atoms with Crippen LogP contribution in [0.2, 0.25) is 0 Å². The lowest BCUT2D eigenvalue weighted by molar-refractivity contribution is 0.193. The quantitative estimate of drug-likeness (QED) is 0.427. The number of anilines is 3. The Hall–Kier alpha value is -3.24. The molecule has 2 aliphatic rings. The topological polar surface area (TPSA) is 19.0 Å². The molecule has 0 N–H and O–H groups in total. The van der Waals surface area contributed by atoms with Crippen LogP contribution >= 0.6 is 0 Å². The van der Waals surface area contributed by atoms with E-state index >= 15 is 0 Å². The highest BCUT2D eigenvalue weighted by molar-refractivity contribution is 5.82. The summed E-state index contributed by atoms with van der Waals surface area (Å²) in [6.45, 7) is 10.0. The summed E-state index contributed by atoms with van der Waals surface area (Å²) < 4.78 is 5.30. The van der Waals surface area contributed by atoms with Crippen molar-refractivity contribution in [3.8, 4) is 16.9 Å². The van der Waals surface area contributed by atoms with Gasteiger partial charge in [-0.15, -0.1) is 0 Å². The Balaban J connectivity index is 1.31. The number of piperazine rings is 1. The van der Waals surface area contributed by atoms with Crippen LogP contribution in [-0.4, -0.2) is 50.8 Å². The van der Waals surface area contributed by atoms with Gasteiger partial charge in [0.2, 0.25) is 0 Å². The van der Waals surface area contributed by atoms with E-state index in [2.05, 4.69) is 95.3 Å². The van der Waals surface area contributed by atoms with E-state index in [0.717, 1.165) is 38.5 Å². The molecule has 176 valence electrons. The van der Waals surface area contributed by atoms with Crippen LogP contribution in [0.3, 0.4) is 0 Å². The average molecular weight is 454 g/mol. The minimum absolute atomic E-state index is 0.682. The molecule has 3 aromatic rings. The van der Waals surface area contributed by atoms with Crippen LogP contribution in [0.5, 0.6) is 5.75 Å². The van der Waals surface area contributed by atoms with Crippen LogP contribution in [-0.2, 0) is 0 Å². The molecule has 1 saturated heterocycles. The lowest BCUT2D eigenvalue weighted by atomic mass is 9.99. The standard InChI is InChI=1S/C30H35N3O/c1-4-23(2)31-18-20-32(21-19-31)27-10-12-28(13-11-27)33-17-5-6-26-22-25(9-16-30(26)33)24-7-14-29(34-3)15-8-24/h5-16,22-23H,4,17-21H2,1-3H3. The second-order valence-electron chi connectivity index (χ2n) is 9.31. The predicted molar refractivity (Wildman–Crippen MR) is 144 cm³/mol. The first-order valence-electron chi connectivity index (χ1n) is 12.5. The second kappa shape index (κ2) is 9.94. The van der Waals surface area contributed by atoms with Crippen LogP contribution in [0.15, 0.2) is 72.8 Å². The number of methoxy groups -OCH3 is 1. The van der Waals surface area contributed by atoms with Gasteiger partial charge in [0.15, 0.2) is 0 Å². The van der Waals surface area contributed by atoms with Gasteiger partial charge in [-0.1, -0.05) is 37.3 Å². The van der Waals surface area contributed by atoms with Crippen LogP contribution in [0.25, 0.3) is 17.2 Å². The summed E-state index contributed by atoms with van der Waals surface area (Å²) in [6.07, 6.45) is 5.72. The van der Waals surface area contributed by atoms with Crippen molar-refractivity contribution in [2.24, 2.45) is 0 Å². The van der Waals surface area contributed by atoms with Crippen molar-refractivity contribution in [1.29, 1.82) is 0 Å². The Labute approximate surface area is 204 Å². The fourth-order valence-electron chi connectivity index (χ4n) is 5.05. The SMILES string of the molecule is CCC(C)N1CCN(c2ccc(N3CC=Cc4cc(-c5ccc(OC)cc5)ccc43)cc2)CC1. The Bertz CT molecular complexity index is 1130. The molecule has 4 nitrogen and oxygen atoms in total. The first-order valence-corrected chi connectivity index (χ1v) is 12.5. The van der Waals surface area contributed by atoms with Gasteiger partial charge in [-0.25, -0.2) is 0 Å². The third-order valence-corrected chi connectivity index (χ3v) is 7.38. The normalized spacial score (nSPS) is 16.9. The molecule has 1 unspecified atom stereocenters. The van der Waals surface area contributed by atoms with Gasteiger partial charge in [0, 0.05) is 55.8 Å². The molecule has 0 aromatic heterocycles. The number of benzene rings is 3. The van der Waals surface area contributed by atoms with Gasteiger partial charge in [0.05, 0.1) is 7.11 Å². The maximum Gasteiger partial charge on any atom is 0.118 e. The zero-order valence-corrected chi connectivity index (χ0v) is 20.6. The molecule has 0 amide bonds. The monoisotopic (exact) mass is 453 g/mol. The van der Waals surface area contributed by atoms with E-state index in [1.807, 2.05) is 12.1 Å². The van der Waals surface area contributed by atoms with Crippen molar-refractivity contribution >= 4 is 23.1 Å². The summed E-state index contributed by atoms with van der Waals surface area (Å²) in [6, 6.07) is 24.8. The minimum atomic E-state index is 0.682. The van der Waals surface area contributed by atoms with Crippen molar-refractivity contribution in [3.05, 3.63) is 78.4 Å². The van der Waals surface area contributed by atoms with Gasteiger partial charge in [0.25, 0.3) is 0 Å². The van der Waals surface area contributed by atoms with Crippen molar-refractivity contribution in [3.63, 3.8) is 0 Å². The minimum Gasteiger partial charge on any atom is -0.497 e. The maximum absolute atomic E-state index is 5.30. The number of fused-ring (bicyclic) bond motifs is 1. The molecule has 0 bridgehead atoms. The van der Waals surface area contributed by atoms with E-state index in [1.54, 1.807) is 7.11 Å². The van der Waals surface area contributed by atoms with Crippen LogP contribution in [0, 0.1) is 0 Å². The Morgan fingerprint density at radius 3 is 2.18 bits per heavy atom. The summed E-state index contributed by atoms with van der Waals surface area (Å²) in [5.74, 6) is 0.883. The lowest BCUT2D eigenvalue weighted by Gasteiger charge is -2.39. The molecule has 3 aromatic carbocycles. The highest BCUT2D eigenvalue weighted by Crippen LogP contribution is 2.36. The van der Waals surface area contributed by atoms with E-state index in [-0.39, 0.29) is 0 Å². The summed E-state index contributed by atoms with van der Waals surface area (Å²) in [5, 5.41) is 0. The number of hydrogen-bond acceptors (Lipinski definition) is 4. The molecular weight excluding hydrogens is 418 g/mol. The number of ether oxygens (including phenoxy) is 1. The van der Waals surface area contributed by atoms with Gasteiger partial charge in [-0.05, 0) is 78.6 Å². The molecule has 2 aliphatic heterocycles. The Kier molecular flexibility index (Phi) is 6.59. The van der Waals surface area contributed by atoms with Gasteiger partial charge in [-0.2, -0.15) is 0 Å². The molecule has 0 spiro atoms. The largest absolute Gasteiger partial charge is 0.497 e. The van der Waals surface area contributed by atoms with E-state index in [0.29, 0.717) is 6.04 Å². The van der Waals surface area contributed by atoms with E-state index in [1.165, 1.54) is 40.2 Å². The summed E-state index contributed by atoms with van der Waals surface area (Å²) in [5.41, 5.74) is 7.51. The highest BCUT2D eigenvalue weighted by Gasteiger charge is 2.21. The van der Waals surface area contributed by atoms with Crippen molar-refractivity contribution in [1.82, 2.24) is 4.90 Å². The van der Waals surface area contributed by atoms with Gasteiger partial charge < -0.3 is 14.5 Å². The van der Waals surface area contributed by atoms with Crippen molar-refractivity contribution in [2.45, 2.75) is 26.3 Å². The third kappa shape index (κ3) is 4.55. The highest BCUT2D eigenvalue weighted by atomic mass is 16.5. The Morgan fingerprint density at radius 2 is 1.50 bits per heavy atom. The third-order valence-electron chi connectivity index (χ3n) is 7.38. The Morgan fingerprint density at radius 1 is 0.824 bits per heavy atom. The van der Waals surface area contributed by atoms with Crippen LogP contribution < -0.4 is 14.5 Å². The summed E-state index contributed by atoms with van der Waals surface area (Å²) in [4.78, 5) is 7.54. The van der Waals surface area contributed by atoms with Gasteiger partial charge in [-0.3, -0.25) is 4.90 Å². The van der Waals surface area contributed by atoms with E-state index < -0.39 is 0 Å². The predicted octanol–water partition coefficient (Wildman–Crippen LogP) is 6.45. The molecule has 1 fully saturated rings. The molecule has 2 heterocycles. The number of nitrogens with zero attached hydrogens (tertiary/aromatic N) is 3. The molecule has 34 heavy (non-hydrogen) atoms. The lowest BCUT2D eigenvalue weighted by Crippen LogP contribution is -2.49. The first-order chi connectivity index (χ1) is 16.7. The fourth-order valence-corrected chi connectivity index (χ4v) is 5.05.